The smallest absolute Gasteiger partial charge is 0.145 e. The van der Waals surface area contributed by atoms with Crippen LogP contribution < -0.4 is 10.6 Å². The highest BCUT2D eigenvalue weighted by Crippen LogP contribution is 2.44. The van der Waals surface area contributed by atoms with E-state index in [0.717, 1.165) is 29.9 Å². The van der Waals surface area contributed by atoms with Crippen LogP contribution in [0.3, 0.4) is 0 Å². The van der Waals surface area contributed by atoms with Gasteiger partial charge < -0.3 is 9.67 Å². The van der Waals surface area contributed by atoms with Crippen LogP contribution in [0.1, 0.15) is 39.0 Å². The largest absolute Gasteiger partial charge is 0.393 e. The second-order valence-electron chi connectivity index (χ2n) is 6.10. The molecule has 0 aliphatic heterocycles. The first-order valence-corrected chi connectivity index (χ1v) is 10.4. The fourth-order valence-corrected chi connectivity index (χ4v) is 5.70. The minimum Gasteiger partial charge on any atom is -0.393 e. The molecule has 0 unspecified atom stereocenters. The molecule has 0 radical (unpaired) electrons. The fraction of sp³-hybridized carbons (Fsp3) is 0.400. The summed E-state index contributed by atoms with van der Waals surface area (Å²) in [6.45, 7) is 2.18. The van der Waals surface area contributed by atoms with Crippen molar-refractivity contribution < 1.29 is 9.67 Å². The Hall–Kier alpha value is -1.37. The van der Waals surface area contributed by atoms with Gasteiger partial charge >= 0.3 is 0 Å². The third kappa shape index (κ3) is 5.06. The van der Waals surface area contributed by atoms with Gasteiger partial charge in [0.15, 0.2) is 0 Å². The molecule has 0 amide bonds. The van der Waals surface area contributed by atoms with E-state index in [1.54, 1.807) is 0 Å². The van der Waals surface area contributed by atoms with E-state index < -0.39 is 13.2 Å². The molecule has 0 aliphatic rings. The van der Waals surface area contributed by atoms with Crippen LogP contribution >= 0.6 is 7.14 Å². The Balaban J connectivity index is 2.17. The zero-order chi connectivity index (χ0) is 16.5. The third-order valence-electron chi connectivity index (χ3n) is 4.21. The molecule has 0 spiro atoms. The standard InChI is InChI=1S/C20H27O2P/c1-2-3-4-7-12-18(21)17-23(22,19-13-8-5-9-14-19)20-15-10-6-11-16-20/h5-6,8-11,13-16,18,21H,2-4,7,12,17H2,1H3/t18-/m0/s1. The summed E-state index contributed by atoms with van der Waals surface area (Å²) < 4.78 is 13.8. The van der Waals surface area contributed by atoms with Crippen molar-refractivity contribution in [2.45, 2.75) is 45.1 Å². The molecule has 0 saturated carbocycles. The lowest BCUT2D eigenvalue weighted by Gasteiger charge is -2.22. The van der Waals surface area contributed by atoms with Gasteiger partial charge in [-0.3, -0.25) is 0 Å². The van der Waals surface area contributed by atoms with Gasteiger partial charge in [0.05, 0.1) is 6.10 Å². The molecule has 0 aliphatic carbocycles. The van der Waals surface area contributed by atoms with Crippen molar-refractivity contribution in [2.24, 2.45) is 0 Å². The summed E-state index contributed by atoms with van der Waals surface area (Å²) in [5.74, 6) is 0. The van der Waals surface area contributed by atoms with E-state index in [1.807, 2.05) is 60.7 Å². The number of hydrogen-bond donors (Lipinski definition) is 1. The molecule has 0 saturated heterocycles. The molecule has 3 heteroatoms. The van der Waals surface area contributed by atoms with Gasteiger partial charge in [-0.25, -0.2) is 0 Å². The van der Waals surface area contributed by atoms with Crippen LogP contribution in [0.25, 0.3) is 0 Å². The lowest BCUT2D eigenvalue weighted by molar-refractivity contribution is 0.183. The van der Waals surface area contributed by atoms with Gasteiger partial charge in [0.2, 0.25) is 0 Å². The summed E-state index contributed by atoms with van der Waals surface area (Å²) >= 11 is 0. The summed E-state index contributed by atoms with van der Waals surface area (Å²) in [5, 5.41) is 12.1. The molecule has 2 aromatic carbocycles. The van der Waals surface area contributed by atoms with E-state index in [1.165, 1.54) is 12.8 Å². The van der Waals surface area contributed by atoms with Crippen molar-refractivity contribution in [2.75, 3.05) is 6.16 Å². The summed E-state index contributed by atoms with van der Waals surface area (Å²) in [4.78, 5) is 0. The number of rotatable bonds is 9. The van der Waals surface area contributed by atoms with Gasteiger partial charge in [-0.1, -0.05) is 93.3 Å². The summed E-state index contributed by atoms with van der Waals surface area (Å²) in [7, 11) is -2.79. The molecule has 0 fully saturated rings. The third-order valence-corrected chi connectivity index (χ3v) is 7.41. The number of aliphatic hydroxyl groups excluding tert-OH is 1. The minimum atomic E-state index is -2.79. The lowest BCUT2D eigenvalue weighted by Crippen LogP contribution is -2.25. The van der Waals surface area contributed by atoms with Gasteiger partial charge in [-0.05, 0) is 6.42 Å². The molecule has 0 heterocycles. The van der Waals surface area contributed by atoms with Crippen LogP contribution in [0, 0.1) is 0 Å². The van der Waals surface area contributed by atoms with E-state index in [0.29, 0.717) is 6.16 Å². The molecule has 23 heavy (non-hydrogen) atoms. The van der Waals surface area contributed by atoms with E-state index in [4.69, 9.17) is 0 Å². The first kappa shape index (κ1) is 18.0. The Morgan fingerprint density at radius 2 is 1.39 bits per heavy atom. The second kappa shape index (κ2) is 9.05. The van der Waals surface area contributed by atoms with Crippen molar-refractivity contribution in [3.05, 3.63) is 60.7 Å². The topological polar surface area (TPSA) is 37.3 Å². The average molecular weight is 330 g/mol. The normalized spacial score (nSPS) is 13.0. The van der Waals surface area contributed by atoms with Gasteiger partial charge in [0.1, 0.15) is 7.14 Å². The number of benzene rings is 2. The molecule has 0 bridgehead atoms. The molecular weight excluding hydrogens is 303 g/mol. The lowest BCUT2D eigenvalue weighted by atomic mass is 10.1. The highest BCUT2D eigenvalue weighted by Gasteiger charge is 2.29. The Labute approximate surface area is 139 Å². The minimum absolute atomic E-state index is 0.327. The van der Waals surface area contributed by atoms with Crippen molar-refractivity contribution >= 4 is 17.8 Å². The van der Waals surface area contributed by atoms with E-state index in [-0.39, 0.29) is 0 Å². The maximum atomic E-state index is 13.8. The zero-order valence-electron chi connectivity index (χ0n) is 13.9. The van der Waals surface area contributed by atoms with E-state index in [2.05, 4.69) is 6.92 Å². The molecule has 124 valence electrons. The maximum Gasteiger partial charge on any atom is 0.145 e. The zero-order valence-corrected chi connectivity index (χ0v) is 14.8. The number of hydrogen-bond acceptors (Lipinski definition) is 2. The second-order valence-corrected chi connectivity index (χ2v) is 8.97. The molecule has 0 aromatic heterocycles. The van der Waals surface area contributed by atoms with Crippen LogP contribution in [-0.4, -0.2) is 17.4 Å². The van der Waals surface area contributed by atoms with Crippen molar-refractivity contribution in [3.63, 3.8) is 0 Å². The van der Waals surface area contributed by atoms with Crippen LogP contribution in [0.4, 0.5) is 0 Å². The van der Waals surface area contributed by atoms with Crippen LogP contribution in [0.5, 0.6) is 0 Å². The highest BCUT2D eigenvalue weighted by atomic mass is 31.2. The van der Waals surface area contributed by atoms with Gasteiger partial charge in [0, 0.05) is 16.8 Å². The summed E-state index contributed by atoms with van der Waals surface area (Å²) in [5.41, 5.74) is 0. The van der Waals surface area contributed by atoms with E-state index in [9.17, 15) is 9.67 Å². The molecule has 1 N–H and O–H groups in total. The summed E-state index contributed by atoms with van der Waals surface area (Å²) in [6.07, 6.45) is 5.05. The molecule has 2 rings (SSSR count). The molecule has 1 atom stereocenters. The Morgan fingerprint density at radius 3 is 1.87 bits per heavy atom. The molecular formula is C20H27O2P. The van der Waals surface area contributed by atoms with Crippen molar-refractivity contribution in [1.82, 2.24) is 0 Å². The predicted molar refractivity (Wildman–Crippen MR) is 99.4 cm³/mol. The quantitative estimate of drug-likeness (QED) is 0.549. The van der Waals surface area contributed by atoms with Gasteiger partial charge in [0.25, 0.3) is 0 Å². The molecule has 2 nitrogen and oxygen atoms in total. The van der Waals surface area contributed by atoms with Crippen molar-refractivity contribution in [1.29, 1.82) is 0 Å². The van der Waals surface area contributed by atoms with Crippen LogP contribution in [0.15, 0.2) is 60.7 Å². The number of unbranched alkanes of at least 4 members (excludes halogenated alkanes) is 3. The summed E-state index contributed by atoms with van der Waals surface area (Å²) in [6, 6.07) is 19.2. The Bertz CT molecular complexity index is 567. The average Bonchev–Trinajstić information content (AvgIpc) is 2.60. The SMILES string of the molecule is CCCCCC[C@H](O)CP(=O)(c1ccccc1)c1ccccc1. The highest BCUT2D eigenvalue weighted by molar-refractivity contribution is 7.78. The Morgan fingerprint density at radius 1 is 0.870 bits per heavy atom. The monoisotopic (exact) mass is 330 g/mol. The molecule has 2 aromatic rings. The predicted octanol–water partition coefficient (Wildman–Crippen LogP) is 4.33. The van der Waals surface area contributed by atoms with Crippen molar-refractivity contribution in [3.8, 4) is 0 Å². The van der Waals surface area contributed by atoms with E-state index >= 15 is 0 Å². The fourth-order valence-electron chi connectivity index (χ4n) is 2.89. The number of aliphatic hydroxyl groups is 1. The Kier molecular flexibility index (Phi) is 7.08. The van der Waals surface area contributed by atoms with Gasteiger partial charge in [-0.15, -0.1) is 0 Å². The first-order valence-electron chi connectivity index (χ1n) is 8.55. The maximum absolute atomic E-state index is 13.8. The van der Waals surface area contributed by atoms with Crippen LogP contribution in [0.2, 0.25) is 0 Å². The first-order chi connectivity index (χ1) is 11.2. The van der Waals surface area contributed by atoms with Gasteiger partial charge in [-0.2, -0.15) is 0 Å². The van der Waals surface area contributed by atoms with Crippen LogP contribution in [-0.2, 0) is 4.57 Å².